The van der Waals surface area contributed by atoms with Crippen LogP contribution in [0.2, 0.25) is 0 Å². The van der Waals surface area contributed by atoms with Crippen LogP contribution in [0, 0.1) is 13.8 Å². The number of carboxylic acids is 1. The molecule has 8 nitrogen and oxygen atoms in total. The van der Waals surface area contributed by atoms with Gasteiger partial charge in [-0.1, -0.05) is 0 Å². The molecule has 2 N–H and O–H groups in total. The fraction of sp³-hybridized carbons (Fsp3) is 0.300. The van der Waals surface area contributed by atoms with Crippen LogP contribution in [-0.4, -0.2) is 34.3 Å². The highest BCUT2D eigenvalue weighted by Crippen LogP contribution is 2.26. The van der Waals surface area contributed by atoms with Crippen LogP contribution in [0.5, 0.6) is 0 Å². The average molecular weight is 316 g/mol. The van der Waals surface area contributed by atoms with Gasteiger partial charge in [0.25, 0.3) is 10.0 Å². The molecular formula is C10H12N4O4S2. The van der Waals surface area contributed by atoms with E-state index in [4.69, 9.17) is 5.11 Å². The van der Waals surface area contributed by atoms with Crippen molar-refractivity contribution in [2.45, 2.75) is 18.1 Å². The maximum absolute atomic E-state index is 12.3. The Morgan fingerprint density at radius 1 is 1.45 bits per heavy atom. The van der Waals surface area contributed by atoms with E-state index in [0.29, 0.717) is 17.1 Å². The molecule has 0 aliphatic rings. The molecule has 0 saturated heterocycles. The fourth-order valence-electron chi connectivity index (χ4n) is 1.67. The predicted octanol–water partition coefficient (Wildman–Crippen LogP) is 0.992. The van der Waals surface area contributed by atoms with Crippen molar-refractivity contribution in [2.75, 3.05) is 4.72 Å². The molecule has 2 rings (SSSR count). The highest BCUT2D eigenvalue weighted by molar-refractivity contribution is 7.94. The molecular weight excluding hydrogens is 304 g/mol. The van der Waals surface area contributed by atoms with Crippen LogP contribution in [0.1, 0.15) is 21.9 Å². The molecule has 0 fully saturated rings. The summed E-state index contributed by atoms with van der Waals surface area (Å²) in [7, 11) is -2.32. The van der Waals surface area contributed by atoms with E-state index in [1.807, 2.05) is 0 Å². The second-order valence-corrected chi connectivity index (χ2v) is 6.80. The quantitative estimate of drug-likeness (QED) is 0.869. The first-order valence-electron chi connectivity index (χ1n) is 5.44. The number of aromatic nitrogens is 3. The standard InChI is InChI=1S/C10H12N4O4S2/c1-5-7(6(2)14(3)12-5)13-20(17,18)10-8(9(15)16)11-4-19-10/h4,13H,1-3H3,(H,15,16). The topological polar surface area (TPSA) is 114 Å². The number of carboxylic acid groups (broad SMARTS) is 1. The van der Waals surface area contributed by atoms with Gasteiger partial charge in [-0.05, 0) is 13.8 Å². The van der Waals surface area contributed by atoms with Crippen LogP contribution in [0.25, 0.3) is 0 Å². The molecule has 0 saturated carbocycles. The van der Waals surface area contributed by atoms with Crippen LogP contribution in [0.3, 0.4) is 0 Å². The third kappa shape index (κ3) is 2.39. The van der Waals surface area contributed by atoms with E-state index in [1.54, 1.807) is 20.9 Å². The highest BCUT2D eigenvalue weighted by atomic mass is 32.2. The van der Waals surface area contributed by atoms with Crippen molar-refractivity contribution < 1.29 is 18.3 Å². The first kappa shape index (κ1) is 14.5. The van der Waals surface area contributed by atoms with Crippen LogP contribution in [0.4, 0.5) is 5.69 Å². The van der Waals surface area contributed by atoms with E-state index >= 15 is 0 Å². The number of aromatic carboxylic acids is 1. The van der Waals surface area contributed by atoms with Gasteiger partial charge >= 0.3 is 5.97 Å². The Labute approximate surface area is 119 Å². The first-order valence-corrected chi connectivity index (χ1v) is 7.80. The minimum absolute atomic E-state index is 0.326. The smallest absolute Gasteiger partial charge is 0.356 e. The van der Waals surface area contributed by atoms with Crippen molar-refractivity contribution >= 4 is 33.0 Å². The molecule has 0 atom stereocenters. The molecule has 0 spiro atoms. The van der Waals surface area contributed by atoms with Crippen LogP contribution >= 0.6 is 11.3 Å². The Hall–Kier alpha value is -1.94. The molecule has 0 amide bonds. The van der Waals surface area contributed by atoms with Crippen molar-refractivity contribution in [2.24, 2.45) is 7.05 Å². The summed E-state index contributed by atoms with van der Waals surface area (Å²) in [6, 6.07) is 0. The third-order valence-electron chi connectivity index (χ3n) is 2.73. The van der Waals surface area contributed by atoms with E-state index in [0.717, 1.165) is 11.3 Å². The summed E-state index contributed by atoms with van der Waals surface area (Å²) in [5.74, 6) is -1.38. The molecule has 2 aromatic rings. The monoisotopic (exact) mass is 316 g/mol. The fourth-order valence-corrected chi connectivity index (χ4v) is 3.99. The molecule has 20 heavy (non-hydrogen) atoms. The predicted molar refractivity (Wildman–Crippen MR) is 72.6 cm³/mol. The normalized spacial score (nSPS) is 11.6. The summed E-state index contributed by atoms with van der Waals surface area (Å²) < 4.78 is 28.1. The Morgan fingerprint density at radius 2 is 2.10 bits per heavy atom. The van der Waals surface area contributed by atoms with Gasteiger partial charge in [0, 0.05) is 7.05 Å². The van der Waals surface area contributed by atoms with Gasteiger partial charge in [-0.25, -0.2) is 18.2 Å². The Kier molecular flexibility index (Phi) is 3.52. The number of nitrogens with one attached hydrogen (secondary N) is 1. The van der Waals surface area contributed by atoms with Gasteiger partial charge < -0.3 is 5.11 Å². The molecule has 10 heteroatoms. The van der Waals surface area contributed by atoms with Gasteiger partial charge in [-0.15, -0.1) is 11.3 Å². The summed E-state index contributed by atoms with van der Waals surface area (Å²) in [5.41, 5.74) is 2.18. The molecule has 0 aromatic carbocycles. The van der Waals surface area contributed by atoms with Crippen molar-refractivity contribution in [3.05, 3.63) is 22.6 Å². The van der Waals surface area contributed by atoms with Crippen molar-refractivity contribution in [3.63, 3.8) is 0 Å². The summed E-state index contributed by atoms with van der Waals surface area (Å²) in [6.07, 6.45) is 0. The lowest BCUT2D eigenvalue weighted by Crippen LogP contribution is -2.16. The minimum atomic E-state index is -4.01. The number of aryl methyl sites for hydroxylation is 2. The molecule has 108 valence electrons. The first-order chi connectivity index (χ1) is 9.24. The lowest BCUT2D eigenvalue weighted by atomic mass is 10.3. The Bertz CT molecular complexity index is 775. The number of sulfonamides is 1. The minimum Gasteiger partial charge on any atom is -0.476 e. The van der Waals surface area contributed by atoms with Gasteiger partial charge in [0.15, 0.2) is 9.90 Å². The van der Waals surface area contributed by atoms with Crippen molar-refractivity contribution in [1.82, 2.24) is 14.8 Å². The van der Waals surface area contributed by atoms with Crippen LogP contribution < -0.4 is 4.72 Å². The lowest BCUT2D eigenvalue weighted by molar-refractivity contribution is 0.0687. The number of anilines is 1. The van der Waals surface area contributed by atoms with Crippen LogP contribution in [0.15, 0.2) is 9.72 Å². The Balaban J connectivity index is 2.46. The molecule has 0 aliphatic heterocycles. The van der Waals surface area contributed by atoms with E-state index < -0.39 is 21.7 Å². The van der Waals surface area contributed by atoms with E-state index in [2.05, 4.69) is 14.8 Å². The highest BCUT2D eigenvalue weighted by Gasteiger charge is 2.27. The molecule has 0 radical (unpaired) electrons. The van der Waals surface area contributed by atoms with E-state index in [1.165, 1.54) is 10.2 Å². The zero-order valence-electron chi connectivity index (χ0n) is 10.9. The second kappa shape index (κ2) is 4.87. The maximum Gasteiger partial charge on any atom is 0.356 e. The van der Waals surface area contributed by atoms with Gasteiger partial charge in [0.2, 0.25) is 0 Å². The number of thiazole rings is 1. The lowest BCUT2D eigenvalue weighted by Gasteiger charge is -2.07. The Morgan fingerprint density at radius 3 is 2.60 bits per heavy atom. The summed E-state index contributed by atoms with van der Waals surface area (Å²) >= 11 is 0.753. The number of rotatable bonds is 4. The second-order valence-electron chi connectivity index (χ2n) is 4.07. The molecule has 0 unspecified atom stereocenters. The van der Waals surface area contributed by atoms with Gasteiger partial charge in [-0.2, -0.15) is 5.10 Å². The summed E-state index contributed by atoms with van der Waals surface area (Å²) in [4.78, 5) is 14.5. The average Bonchev–Trinajstić information content (AvgIpc) is 2.91. The number of hydrogen-bond donors (Lipinski definition) is 2. The van der Waals surface area contributed by atoms with Gasteiger partial charge in [0.1, 0.15) is 0 Å². The SMILES string of the molecule is Cc1nn(C)c(C)c1NS(=O)(=O)c1scnc1C(=O)O. The number of nitrogens with zero attached hydrogens (tertiary/aromatic N) is 3. The van der Waals surface area contributed by atoms with E-state index in [9.17, 15) is 13.2 Å². The molecule has 0 aliphatic carbocycles. The maximum atomic E-state index is 12.3. The summed E-state index contributed by atoms with van der Waals surface area (Å²) in [6.45, 7) is 3.37. The number of hydrogen-bond acceptors (Lipinski definition) is 6. The number of carbonyl (C=O) groups is 1. The zero-order chi connectivity index (χ0) is 15.1. The molecule has 2 aromatic heterocycles. The van der Waals surface area contributed by atoms with Crippen LogP contribution in [-0.2, 0) is 17.1 Å². The largest absolute Gasteiger partial charge is 0.476 e. The van der Waals surface area contributed by atoms with Gasteiger partial charge in [0.05, 0.1) is 22.6 Å². The van der Waals surface area contributed by atoms with Crippen molar-refractivity contribution in [1.29, 1.82) is 0 Å². The molecule has 0 bridgehead atoms. The van der Waals surface area contributed by atoms with E-state index in [-0.39, 0.29) is 4.21 Å². The summed E-state index contributed by atoms with van der Waals surface area (Å²) in [5, 5.41) is 13.0. The molecule has 2 heterocycles. The van der Waals surface area contributed by atoms with Crippen molar-refractivity contribution in [3.8, 4) is 0 Å². The zero-order valence-corrected chi connectivity index (χ0v) is 12.5. The van der Waals surface area contributed by atoms with Gasteiger partial charge in [-0.3, -0.25) is 9.40 Å². The third-order valence-corrected chi connectivity index (χ3v) is 5.45.